The molecule has 5 nitrogen and oxygen atoms in total. The molecule has 0 radical (unpaired) electrons. The molecule has 1 aromatic rings. The summed E-state index contributed by atoms with van der Waals surface area (Å²) >= 11 is 0. The van der Waals surface area contributed by atoms with E-state index >= 15 is 0 Å². The van der Waals surface area contributed by atoms with Crippen molar-refractivity contribution in [1.29, 1.82) is 0 Å². The highest BCUT2D eigenvalue weighted by molar-refractivity contribution is 5.91. The first-order valence-electron chi connectivity index (χ1n) is 6.06. The normalized spacial score (nSPS) is 24.3. The fraction of sp³-hybridized carbons (Fsp3) is 0.583. The quantitative estimate of drug-likeness (QED) is 0.823. The van der Waals surface area contributed by atoms with Crippen LogP contribution in [-0.4, -0.2) is 22.4 Å². The van der Waals surface area contributed by atoms with Gasteiger partial charge in [0.1, 0.15) is 12.1 Å². The highest BCUT2D eigenvalue weighted by Gasteiger charge is 2.25. The molecule has 0 saturated heterocycles. The predicted octanol–water partition coefficient (Wildman–Crippen LogP) is 1.18. The summed E-state index contributed by atoms with van der Waals surface area (Å²) in [7, 11) is 0. The summed E-state index contributed by atoms with van der Waals surface area (Å²) in [4.78, 5) is 19.8. The van der Waals surface area contributed by atoms with Gasteiger partial charge < -0.3 is 11.1 Å². The van der Waals surface area contributed by atoms with Crippen LogP contribution in [0.15, 0.2) is 18.6 Å². The fourth-order valence-corrected chi connectivity index (χ4v) is 2.25. The van der Waals surface area contributed by atoms with E-state index in [2.05, 4.69) is 15.3 Å². The molecule has 0 aromatic carbocycles. The minimum Gasteiger partial charge on any atom is -0.330 e. The second kappa shape index (κ2) is 5.72. The number of aromatic nitrogens is 2. The Hall–Kier alpha value is -1.49. The van der Waals surface area contributed by atoms with Gasteiger partial charge >= 0.3 is 0 Å². The maximum Gasteiger partial charge on any atom is 0.228 e. The predicted molar refractivity (Wildman–Crippen MR) is 65.2 cm³/mol. The zero-order valence-electron chi connectivity index (χ0n) is 9.80. The molecule has 0 bridgehead atoms. The Balaban J connectivity index is 1.85. The molecule has 1 heterocycles. The van der Waals surface area contributed by atoms with Gasteiger partial charge in [-0.05, 0) is 44.2 Å². The molecule has 0 atom stereocenters. The van der Waals surface area contributed by atoms with Crippen LogP contribution in [-0.2, 0) is 4.79 Å². The van der Waals surface area contributed by atoms with Gasteiger partial charge in [-0.3, -0.25) is 4.79 Å². The van der Waals surface area contributed by atoms with Gasteiger partial charge in [-0.2, -0.15) is 0 Å². The Kier molecular flexibility index (Phi) is 4.03. The Morgan fingerprint density at radius 3 is 2.76 bits per heavy atom. The van der Waals surface area contributed by atoms with Crippen molar-refractivity contribution in [1.82, 2.24) is 9.97 Å². The molecule has 1 fully saturated rings. The summed E-state index contributed by atoms with van der Waals surface area (Å²) in [5.41, 5.74) is 5.63. The SMILES string of the molecule is NC[C@H]1CC[C@H](C(=O)Nc2ccncn2)CC1. The number of nitrogens with two attached hydrogens (primary N) is 1. The Morgan fingerprint density at radius 2 is 2.18 bits per heavy atom. The molecule has 1 amide bonds. The Bertz CT molecular complexity index is 360. The van der Waals surface area contributed by atoms with Crippen molar-refractivity contribution in [2.45, 2.75) is 25.7 Å². The van der Waals surface area contributed by atoms with Crippen molar-refractivity contribution < 1.29 is 4.79 Å². The number of hydrogen-bond donors (Lipinski definition) is 2. The fourth-order valence-electron chi connectivity index (χ4n) is 2.25. The van der Waals surface area contributed by atoms with Crippen molar-refractivity contribution in [3.05, 3.63) is 18.6 Å². The van der Waals surface area contributed by atoms with Crippen molar-refractivity contribution in [3.8, 4) is 0 Å². The smallest absolute Gasteiger partial charge is 0.228 e. The van der Waals surface area contributed by atoms with E-state index in [9.17, 15) is 4.79 Å². The third-order valence-corrected chi connectivity index (χ3v) is 3.38. The molecule has 0 aliphatic heterocycles. The first-order chi connectivity index (χ1) is 8.29. The first kappa shape index (κ1) is 12.0. The third-order valence-electron chi connectivity index (χ3n) is 3.38. The summed E-state index contributed by atoms with van der Waals surface area (Å²) in [5, 5.41) is 2.82. The van der Waals surface area contributed by atoms with Crippen LogP contribution in [0.4, 0.5) is 5.82 Å². The average molecular weight is 234 g/mol. The summed E-state index contributed by atoms with van der Waals surface area (Å²) < 4.78 is 0. The first-order valence-corrected chi connectivity index (χ1v) is 6.06. The number of nitrogens with one attached hydrogen (secondary N) is 1. The van der Waals surface area contributed by atoms with Gasteiger partial charge in [0, 0.05) is 12.1 Å². The number of rotatable bonds is 3. The number of carbonyl (C=O) groups excluding carboxylic acids is 1. The van der Waals surface area contributed by atoms with Crippen molar-refractivity contribution in [2.24, 2.45) is 17.6 Å². The lowest BCUT2D eigenvalue weighted by Gasteiger charge is -2.26. The topological polar surface area (TPSA) is 80.9 Å². The lowest BCUT2D eigenvalue weighted by atomic mass is 9.81. The molecule has 3 N–H and O–H groups in total. The van der Waals surface area contributed by atoms with E-state index in [-0.39, 0.29) is 11.8 Å². The molecular weight excluding hydrogens is 216 g/mol. The highest BCUT2D eigenvalue weighted by atomic mass is 16.1. The summed E-state index contributed by atoms with van der Waals surface area (Å²) in [5.74, 6) is 1.34. The number of anilines is 1. The maximum absolute atomic E-state index is 12.0. The lowest BCUT2D eigenvalue weighted by molar-refractivity contribution is -0.121. The number of hydrogen-bond acceptors (Lipinski definition) is 4. The minimum atomic E-state index is 0.0687. The molecule has 2 rings (SSSR count). The van der Waals surface area contributed by atoms with E-state index in [1.165, 1.54) is 6.33 Å². The van der Waals surface area contributed by atoms with E-state index in [4.69, 9.17) is 5.73 Å². The maximum atomic E-state index is 12.0. The largest absolute Gasteiger partial charge is 0.330 e. The number of nitrogens with zero attached hydrogens (tertiary/aromatic N) is 2. The van der Waals surface area contributed by atoms with E-state index in [1.807, 2.05) is 0 Å². The second-order valence-electron chi connectivity index (χ2n) is 4.54. The van der Waals surface area contributed by atoms with Crippen LogP contribution in [0.1, 0.15) is 25.7 Å². The molecule has 17 heavy (non-hydrogen) atoms. The van der Waals surface area contributed by atoms with E-state index < -0.39 is 0 Å². The van der Waals surface area contributed by atoms with Gasteiger partial charge in [-0.25, -0.2) is 9.97 Å². The van der Waals surface area contributed by atoms with E-state index in [0.717, 1.165) is 32.2 Å². The monoisotopic (exact) mass is 234 g/mol. The zero-order chi connectivity index (χ0) is 12.1. The van der Waals surface area contributed by atoms with Crippen LogP contribution in [0.2, 0.25) is 0 Å². The van der Waals surface area contributed by atoms with E-state index in [1.54, 1.807) is 12.3 Å². The van der Waals surface area contributed by atoms with Gasteiger partial charge in [-0.1, -0.05) is 0 Å². The van der Waals surface area contributed by atoms with Gasteiger partial charge in [0.2, 0.25) is 5.91 Å². The molecule has 0 unspecified atom stereocenters. The van der Waals surface area contributed by atoms with Crippen LogP contribution >= 0.6 is 0 Å². The van der Waals surface area contributed by atoms with Crippen molar-refractivity contribution in [3.63, 3.8) is 0 Å². The van der Waals surface area contributed by atoms with Crippen LogP contribution in [0.25, 0.3) is 0 Å². The molecule has 0 spiro atoms. The van der Waals surface area contributed by atoms with Crippen LogP contribution in [0, 0.1) is 11.8 Å². The average Bonchev–Trinajstić information content (AvgIpc) is 2.40. The van der Waals surface area contributed by atoms with E-state index in [0.29, 0.717) is 11.7 Å². The second-order valence-corrected chi connectivity index (χ2v) is 4.54. The summed E-state index contributed by atoms with van der Waals surface area (Å²) in [6.45, 7) is 0.736. The molecule has 5 heteroatoms. The summed E-state index contributed by atoms with van der Waals surface area (Å²) in [6.07, 6.45) is 7.02. The highest BCUT2D eigenvalue weighted by Crippen LogP contribution is 2.28. The standard InChI is InChI=1S/C12H18N4O/c13-7-9-1-3-10(4-2-9)12(17)16-11-5-6-14-8-15-11/h5-6,8-10H,1-4,7,13H2,(H,14,15,16,17)/t9-,10-. The molecule has 1 saturated carbocycles. The van der Waals surface area contributed by atoms with Crippen molar-refractivity contribution >= 4 is 11.7 Å². The third kappa shape index (κ3) is 3.23. The zero-order valence-corrected chi connectivity index (χ0v) is 9.80. The summed E-state index contributed by atoms with van der Waals surface area (Å²) in [6, 6.07) is 1.70. The van der Waals surface area contributed by atoms with Gasteiger partial charge in [0.05, 0.1) is 0 Å². The Morgan fingerprint density at radius 1 is 1.41 bits per heavy atom. The van der Waals surface area contributed by atoms with Crippen LogP contribution < -0.4 is 11.1 Å². The molecule has 1 aliphatic carbocycles. The van der Waals surface area contributed by atoms with Crippen molar-refractivity contribution in [2.75, 3.05) is 11.9 Å². The molecule has 1 aromatic heterocycles. The molecule has 92 valence electrons. The number of carbonyl (C=O) groups is 1. The molecule has 1 aliphatic rings. The minimum absolute atomic E-state index is 0.0687. The number of amides is 1. The Labute approximate surface area is 101 Å². The van der Waals surface area contributed by atoms with Gasteiger partial charge in [-0.15, -0.1) is 0 Å². The van der Waals surface area contributed by atoms with Gasteiger partial charge in [0.15, 0.2) is 0 Å². The van der Waals surface area contributed by atoms with Crippen LogP contribution in [0.5, 0.6) is 0 Å². The lowest BCUT2D eigenvalue weighted by Crippen LogP contribution is -2.29. The van der Waals surface area contributed by atoms with Crippen LogP contribution in [0.3, 0.4) is 0 Å². The molecular formula is C12H18N4O. The van der Waals surface area contributed by atoms with Gasteiger partial charge in [0.25, 0.3) is 0 Å².